The molecule has 0 fully saturated rings. The number of fused-ring (bicyclic) bond motifs is 1. The van der Waals surface area contributed by atoms with Gasteiger partial charge >= 0.3 is 0 Å². The Balaban J connectivity index is 1.70. The van der Waals surface area contributed by atoms with Crippen LogP contribution in [0.5, 0.6) is 0 Å². The van der Waals surface area contributed by atoms with E-state index in [2.05, 4.69) is 27.3 Å². The van der Waals surface area contributed by atoms with Gasteiger partial charge in [0.05, 0.1) is 23.8 Å². The lowest BCUT2D eigenvalue weighted by Gasteiger charge is -2.05. The van der Waals surface area contributed by atoms with Gasteiger partial charge in [-0.25, -0.2) is 4.98 Å². The molecule has 3 aromatic heterocycles. The molecule has 0 bridgehead atoms. The van der Waals surface area contributed by atoms with E-state index in [1.165, 1.54) is 21.6 Å². The molecule has 0 saturated heterocycles. The monoisotopic (exact) mass is 377 g/mol. The van der Waals surface area contributed by atoms with Crippen LogP contribution >= 0.6 is 11.3 Å². The highest BCUT2D eigenvalue weighted by Crippen LogP contribution is 2.16. The van der Waals surface area contributed by atoms with Crippen LogP contribution in [0.25, 0.3) is 10.2 Å². The quantitative estimate of drug-likeness (QED) is 0.511. The molecule has 0 saturated carbocycles. The van der Waals surface area contributed by atoms with Crippen molar-refractivity contribution in [2.24, 2.45) is 5.10 Å². The van der Waals surface area contributed by atoms with Gasteiger partial charge in [-0.15, -0.1) is 11.3 Å². The number of aryl methyl sites for hydroxylation is 2. The van der Waals surface area contributed by atoms with Crippen molar-refractivity contribution in [1.82, 2.24) is 19.4 Å². The minimum atomic E-state index is -0.151. The summed E-state index contributed by atoms with van der Waals surface area (Å²) in [4.78, 5) is 17.8. The zero-order chi connectivity index (χ0) is 19.0. The molecule has 0 radical (unpaired) electrons. The Labute approximate surface area is 160 Å². The molecule has 0 N–H and O–H groups in total. The molecule has 6 nitrogen and oxygen atoms in total. The topological polar surface area (TPSA) is 65.1 Å². The molecule has 136 valence electrons. The van der Waals surface area contributed by atoms with Crippen molar-refractivity contribution in [2.75, 3.05) is 0 Å². The summed E-state index contributed by atoms with van der Waals surface area (Å²) in [5.41, 5.74) is 3.84. The maximum absolute atomic E-state index is 12.6. The van der Waals surface area contributed by atoms with E-state index in [1.807, 2.05) is 42.1 Å². The Morgan fingerprint density at radius 1 is 1.15 bits per heavy atom. The third-order valence-electron chi connectivity index (χ3n) is 4.55. The van der Waals surface area contributed by atoms with E-state index in [0.29, 0.717) is 17.8 Å². The summed E-state index contributed by atoms with van der Waals surface area (Å²) < 4.78 is 3.31. The van der Waals surface area contributed by atoms with Crippen LogP contribution in [-0.4, -0.2) is 25.7 Å². The van der Waals surface area contributed by atoms with Crippen molar-refractivity contribution in [2.45, 2.75) is 27.3 Å². The standard InChI is InChI=1S/C20H19N5OS/c1-13-18(14(2)24(23-13)12-16-7-5-4-6-8-16)11-21-25-15(3)22-19-17(20(25)26)9-10-27-19/h4-11H,12H2,1-3H3/b21-11-. The lowest BCUT2D eigenvalue weighted by atomic mass is 10.2. The summed E-state index contributed by atoms with van der Waals surface area (Å²) in [6.07, 6.45) is 1.70. The van der Waals surface area contributed by atoms with E-state index in [0.717, 1.165) is 21.8 Å². The molecule has 4 aromatic rings. The van der Waals surface area contributed by atoms with Crippen molar-refractivity contribution in [3.05, 3.63) is 80.5 Å². The molecule has 4 rings (SSSR count). The van der Waals surface area contributed by atoms with Gasteiger partial charge in [0.2, 0.25) is 0 Å². The van der Waals surface area contributed by atoms with Gasteiger partial charge in [0.25, 0.3) is 5.56 Å². The number of benzene rings is 1. The van der Waals surface area contributed by atoms with Gasteiger partial charge in [0.1, 0.15) is 10.7 Å². The normalized spacial score (nSPS) is 11.7. The van der Waals surface area contributed by atoms with Crippen LogP contribution in [0.3, 0.4) is 0 Å². The second-order valence-corrected chi connectivity index (χ2v) is 7.28. The Morgan fingerprint density at radius 2 is 1.93 bits per heavy atom. The molecule has 7 heteroatoms. The molecular formula is C20H19N5OS. The first-order chi connectivity index (χ1) is 13.0. The van der Waals surface area contributed by atoms with E-state index in [-0.39, 0.29) is 5.56 Å². The van der Waals surface area contributed by atoms with Crippen LogP contribution in [0.15, 0.2) is 51.7 Å². The van der Waals surface area contributed by atoms with E-state index in [1.54, 1.807) is 19.2 Å². The first kappa shape index (κ1) is 17.4. The number of rotatable bonds is 4. The summed E-state index contributed by atoms with van der Waals surface area (Å²) in [5, 5.41) is 11.5. The van der Waals surface area contributed by atoms with Crippen molar-refractivity contribution in [3.8, 4) is 0 Å². The van der Waals surface area contributed by atoms with E-state index >= 15 is 0 Å². The Kier molecular flexibility index (Phi) is 4.45. The van der Waals surface area contributed by atoms with Crippen molar-refractivity contribution < 1.29 is 0 Å². The Hall–Kier alpha value is -3.06. The number of hydrogen-bond donors (Lipinski definition) is 0. The minimum absolute atomic E-state index is 0.151. The maximum atomic E-state index is 12.6. The SMILES string of the molecule is Cc1nn(Cc2ccccc2)c(C)c1/C=N\n1c(C)nc2sccc2c1=O. The zero-order valence-corrected chi connectivity index (χ0v) is 16.2. The highest BCUT2D eigenvalue weighted by atomic mass is 32.1. The van der Waals surface area contributed by atoms with Crippen LogP contribution in [0.1, 0.15) is 28.3 Å². The predicted octanol–water partition coefficient (Wildman–Crippen LogP) is 3.51. The van der Waals surface area contributed by atoms with Gasteiger partial charge in [-0.2, -0.15) is 14.9 Å². The van der Waals surface area contributed by atoms with E-state index in [4.69, 9.17) is 0 Å². The minimum Gasteiger partial charge on any atom is -0.267 e. The number of aromatic nitrogens is 4. The molecular weight excluding hydrogens is 358 g/mol. The summed E-state index contributed by atoms with van der Waals surface area (Å²) in [7, 11) is 0. The van der Waals surface area contributed by atoms with Crippen LogP contribution in [0, 0.1) is 20.8 Å². The second-order valence-electron chi connectivity index (χ2n) is 6.39. The van der Waals surface area contributed by atoms with Gasteiger partial charge in [-0.3, -0.25) is 9.48 Å². The highest BCUT2D eigenvalue weighted by Gasteiger charge is 2.12. The molecule has 0 aliphatic carbocycles. The number of thiophene rings is 1. The summed E-state index contributed by atoms with van der Waals surface area (Å²) in [6.45, 7) is 6.45. The second kappa shape index (κ2) is 6.92. The van der Waals surface area contributed by atoms with Crippen LogP contribution in [0.2, 0.25) is 0 Å². The molecule has 0 aliphatic heterocycles. The molecule has 0 spiro atoms. The van der Waals surface area contributed by atoms with Crippen molar-refractivity contribution >= 4 is 27.8 Å². The number of nitrogens with zero attached hydrogens (tertiary/aromatic N) is 5. The Morgan fingerprint density at radius 3 is 2.70 bits per heavy atom. The molecule has 3 heterocycles. The number of hydrogen-bond acceptors (Lipinski definition) is 5. The third-order valence-corrected chi connectivity index (χ3v) is 5.36. The summed E-state index contributed by atoms with van der Waals surface area (Å²) in [5.74, 6) is 0.568. The molecule has 0 unspecified atom stereocenters. The van der Waals surface area contributed by atoms with Crippen LogP contribution in [-0.2, 0) is 6.54 Å². The fourth-order valence-electron chi connectivity index (χ4n) is 3.07. The summed E-state index contributed by atoms with van der Waals surface area (Å²) in [6, 6.07) is 12.0. The predicted molar refractivity (Wildman–Crippen MR) is 109 cm³/mol. The molecule has 0 atom stereocenters. The lowest BCUT2D eigenvalue weighted by Crippen LogP contribution is -2.19. The van der Waals surface area contributed by atoms with Gasteiger partial charge in [-0.1, -0.05) is 30.3 Å². The average molecular weight is 377 g/mol. The van der Waals surface area contributed by atoms with Crippen molar-refractivity contribution in [1.29, 1.82) is 0 Å². The van der Waals surface area contributed by atoms with Gasteiger partial charge in [0, 0.05) is 11.3 Å². The van der Waals surface area contributed by atoms with Gasteiger partial charge in [0.15, 0.2) is 0 Å². The first-order valence-corrected chi connectivity index (χ1v) is 9.51. The fraction of sp³-hybridized carbons (Fsp3) is 0.200. The van der Waals surface area contributed by atoms with E-state index < -0.39 is 0 Å². The molecule has 27 heavy (non-hydrogen) atoms. The zero-order valence-electron chi connectivity index (χ0n) is 15.4. The largest absolute Gasteiger partial charge is 0.282 e. The first-order valence-electron chi connectivity index (χ1n) is 8.63. The molecule has 0 amide bonds. The highest BCUT2D eigenvalue weighted by molar-refractivity contribution is 7.16. The fourth-order valence-corrected chi connectivity index (χ4v) is 3.87. The lowest BCUT2D eigenvalue weighted by molar-refractivity contribution is 0.659. The van der Waals surface area contributed by atoms with Crippen LogP contribution < -0.4 is 5.56 Å². The molecule has 1 aromatic carbocycles. The van der Waals surface area contributed by atoms with Gasteiger partial charge in [-0.05, 0) is 37.8 Å². The summed E-state index contributed by atoms with van der Waals surface area (Å²) >= 11 is 1.46. The van der Waals surface area contributed by atoms with Crippen LogP contribution in [0.4, 0.5) is 0 Å². The van der Waals surface area contributed by atoms with Gasteiger partial charge < -0.3 is 0 Å². The van der Waals surface area contributed by atoms with Crippen molar-refractivity contribution in [3.63, 3.8) is 0 Å². The molecule has 0 aliphatic rings. The Bertz CT molecular complexity index is 1200. The average Bonchev–Trinajstić information content (AvgIpc) is 3.22. The smallest absolute Gasteiger partial charge is 0.267 e. The maximum Gasteiger partial charge on any atom is 0.282 e. The van der Waals surface area contributed by atoms with E-state index in [9.17, 15) is 4.79 Å². The third kappa shape index (κ3) is 3.21.